The van der Waals surface area contributed by atoms with E-state index >= 15 is 0 Å². The minimum atomic E-state index is -0.461. The third kappa shape index (κ3) is 3.14. The Labute approximate surface area is 263 Å². The molecule has 0 fully saturated rings. The van der Waals surface area contributed by atoms with E-state index in [0.29, 0.717) is 0 Å². The molecular weight excluding hydrogens is 541 g/mol. The number of aromatic nitrogens is 1. The molecule has 0 unspecified atom stereocenters. The fourth-order valence-corrected chi connectivity index (χ4v) is 8.72. The van der Waals surface area contributed by atoms with Crippen LogP contribution in [0.5, 0.6) is 0 Å². The smallest absolute Gasteiger partial charge is 0.247 e. The lowest BCUT2D eigenvalue weighted by molar-refractivity contribution is 0.750. The first-order chi connectivity index (χ1) is 22.4. The molecule has 208 valence electrons. The van der Waals surface area contributed by atoms with E-state index in [4.69, 9.17) is 0 Å². The van der Waals surface area contributed by atoms with Gasteiger partial charge in [0.15, 0.2) is 0 Å². The summed E-state index contributed by atoms with van der Waals surface area (Å²) < 4.78 is 2.59. The van der Waals surface area contributed by atoms with Gasteiger partial charge in [0.1, 0.15) is 0 Å². The Morgan fingerprint density at radius 3 is 1.71 bits per heavy atom. The van der Waals surface area contributed by atoms with Gasteiger partial charge in [0, 0.05) is 27.5 Å². The van der Waals surface area contributed by atoms with Crippen molar-refractivity contribution >= 4 is 44.9 Å². The van der Waals surface area contributed by atoms with E-state index in [0.717, 1.165) is 0 Å². The summed E-state index contributed by atoms with van der Waals surface area (Å²) in [6.45, 7) is 0.133. The summed E-state index contributed by atoms with van der Waals surface area (Å²) in [6, 6.07) is 63.2. The van der Waals surface area contributed by atoms with Crippen molar-refractivity contribution in [2.75, 3.05) is 0 Å². The minimum absolute atomic E-state index is 0.133. The summed E-state index contributed by atoms with van der Waals surface area (Å²) in [7, 11) is 0. The Kier molecular flexibility index (Phi) is 5.07. The molecule has 0 aliphatic carbocycles. The monoisotopic (exact) mass is 569 g/mol. The second-order valence-electron chi connectivity index (χ2n) is 12.4. The Bertz CT molecular complexity index is 2380. The van der Waals surface area contributed by atoms with E-state index in [-0.39, 0.29) is 6.71 Å². The van der Waals surface area contributed by atoms with Crippen LogP contribution in [0.25, 0.3) is 38.6 Å². The quantitative estimate of drug-likeness (QED) is 0.190. The summed E-state index contributed by atoms with van der Waals surface area (Å²) in [5.41, 5.74) is 15.4. The van der Waals surface area contributed by atoms with Crippen molar-refractivity contribution in [2.24, 2.45) is 0 Å². The van der Waals surface area contributed by atoms with Crippen LogP contribution in [0.4, 0.5) is 0 Å². The van der Waals surface area contributed by atoms with Gasteiger partial charge in [-0.1, -0.05) is 169 Å². The summed E-state index contributed by atoms with van der Waals surface area (Å²) in [6.07, 6.45) is 0. The molecule has 1 nitrogen and oxygen atoms in total. The molecule has 2 aliphatic rings. The summed E-state index contributed by atoms with van der Waals surface area (Å²) in [5, 5.41) is 2.62. The van der Waals surface area contributed by atoms with Gasteiger partial charge in [0.25, 0.3) is 0 Å². The molecule has 45 heavy (non-hydrogen) atoms. The minimum Gasteiger partial charge on any atom is -0.310 e. The number of hydrogen-bond acceptors (Lipinski definition) is 0. The van der Waals surface area contributed by atoms with Crippen LogP contribution in [0.2, 0.25) is 0 Å². The number of benzene rings is 7. The average Bonchev–Trinajstić information content (AvgIpc) is 3.47. The van der Waals surface area contributed by atoms with Gasteiger partial charge in [0.05, 0.1) is 10.9 Å². The highest BCUT2D eigenvalue weighted by Gasteiger charge is 2.50. The fourth-order valence-electron chi connectivity index (χ4n) is 8.72. The lowest BCUT2D eigenvalue weighted by Gasteiger charge is -2.46. The van der Waals surface area contributed by atoms with Crippen LogP contribution in [0.3, 0.4) is 0 Å². The molecule has 0 radical (unpaired) electrons. The number of fused-ring (bicyclic) bond motifs is 7. The van der Waals surface area contributed by atoms with Crippen molar-refractivity contribution in [3.8, 4) is 16.8 Å². The molecule has 3 heterocycles. The average molecular weight is 570 g/mol. The second kappa shape index (κ2) is 9.20. The molecule has 0 spiro atoms. The van der Waals surface area contributed by atoms with Gasteiger partial charge >= 0.3 is 0 Å². The van der Waals surface area contributed by atoms with Crippen LogP contribution in [0.15, 0.2) is 170 Å². The van der Waals surface area contributed by atoms with Crippen LogP contribution in [0.1, 0.15) is 22.3 Å². The Hall–Kier alpha value is -5.60. The molecule has 2 aliphatic heterocycles. The largest absolute Gasteiger partial charge is 0.310 e. The van der Waals surface area contributed by atoms with E-state index in [9.17, 15) is 0 Å². The van der Waals surface area contributed by atoms with E-state index in [1.165, 1.54) is 77.3 Å². The first-order valence-corrected chi connectivity index (χ1v) is 15.8. The molecular formula is C43H28BN. The molecule has 0 saturated carbocycles. The van der Waals surface area contributed by atoms with Crippen LogP contribution in [-0.2, 0) is 5.41 Å². The zero-order chi connectivity index (χ0) is 29.5. The lowest BCUT2D eigenvalue weighted by Crippen LogP contribution is -2.64. The fraction of sp³-hybridized carbons (Fsp3) is 0.0233. The van der Waals surface area contributed by atoms with E-state index in [2.05, 4.69) is 174 Å². The Morgan fingerprint density at radius 2 is 0.978 bits per heavy atom. The van der Waals surface area contributed by atoms with E-state index in [1.54, 1.807) is 0 Å². The van der Waals surface area contributed by atoms with E-state index < -0.39 is 5.41 Å². The molecule has 0 saturated heterocycles. The summed E-state index contributed by atoms with van der Waals surface area (Å²) in [4.78, 5) is 0. The SMILES string of the molecule is c1ccc(-c2cccc3c4cccc5c4n(c23)-c2cccc3c2B5c2ccccc2C3(c2ccccc2)c2ccccc2)cc1. The molecule has 2 heteroatoms. The highest BCUT2D eigenvalue weighted by atomic mass is 15.0. The zero-order valence-electron chi connectivity index (χ0n) is 24.7. The van der Waals surface area contributed by atoms with Crippen molar-refractivity contribution in [2.45, 2.75) is 5.41 Å². The van der Waals surface area contributed by atoms with Gasteiger partial charge in [0.2, 0.25) is 6.71 Å². The third-order valence-corrected chi connectivity index (χ3v) is 10.3. The number of rotatable bonds is 3. The van der Waals surface area contributed by atoms with Crippen LogP contribution in [-0.4, -0.2) is 11.3 Å². The summed E-state index contributed by atoms with van der Waals surface area (Å²) >= 11 is 0. The molecule has 0 amide bonds. The highest BCUT2D eigenvalue weighted by molar-refractivity contribution is 6.99. The van der Waals surface area contributed by atoms with Gasteiger partial charge in [-0.15, -0.1) is 0 Å². The molecule has 10 rings (SSSR count). The molecule has 8 aromatic rings. The van der Waals surface area contributed by atoms with Crippen LogP contribution < -0.4 is 16.4 Å². The maximum atomic E-state index is 2.59. The first-order valence-electron chi connectivity index (χ1n) is 15.8. The maximum Gasteiger partial charge on any atom is 0.247 e. The Balaban J connectivity index is 1.43. The van der Waals surface area contributed by atoms with Crippen molar-refractivity contribution in [1.82, 2.24) is 4.57 Å². The standard InChI is InChI=1S/C43H28BN/c1-4-15-29(16-5-1)32-21-12-22-33-34-23-13-27-38-42(34)45(41(32)33)39-28-14-25-36-40(39)44(38)37-26-11-10-24-35(37)43(36,30-17-6-2-7-18-30)31-19-8-3-9-20-31/h1-28H. The number of para-hydroxylation sites is 2. The predicted molar refractivity (Wildman–Crippen MR) is 189 cm³/mol. The zero-order valence-corrected chi connectivity index (χ0v) is 24.7. The first kappa shape index (κ1) is 24.8. The maximum absolute atomic E-state index is 2.59. The van der Waals surface area contributed by atoms with Gasteiger partial charge in [-0.25, -0.2) is 0 Å². The van der Waals surface area contributed by atoms with Crippen molar-refractivity contribution in [1.29, 1.82) is 0 Å². The second-order valence-corrected chi connectivity index (χ2v) is 12.4. The predicted octanol–water partition coefficient (Wildman–Crippen LogP) is 7.98. The number of nitrogens with zero attached hydrogens (tertiary/aromatic N) is 1. The van der Waals surface area contributed by atoms with Gasteiger partial charge < -0.3 is 4.57 Å². The van der Waals surface area contributed by atoms with Gasteiger partial charge in [-0.3, -0.25) is 0 Å². The molecule has 0 bridgehead atoms. The molecule has 0 atom stereocenters. The molecule has 7 aromatic carbocycles. The van der Waals surface area contributed by atoms with Crippen molar-refractivity contribution in [3.05, 3.63) is 192 Å². The van der Waals surface area contributed by atoms with Crippen molar-refractivity contribution in [3.63, 3.8) is 0 Å². The van der Waals surface area contributed by atoms with Crippen LogP contribution in [0, 0.1) is 0 Å². The lowest BCUT2D eigenvalue weighted by atomic mass is 9.29. The topological polar surface area (TPSA) is 4.93 Å². The molecule has 0 N–H and O–H groups in total. The highest BCUT2D eigenvalue weighted by Crippen LogP contribution is 2.48. The third-order valence-electron chi connectivity index (χ3n) is 10.3. The van der Waals surface area contributed by atoms with Gasteiger partial charge in [-0.05, 0) is 44.8 Å². The number of hydrogen-bond donors (Lipinski definition) is 0. The molecule has 1 aromatic heterocycles. The summed E-state index contributed by atoms with van der Waals surface area (Å²) in [5.74, 6) is 0. The normalized spacial score (nSPS) is 13.9. The van der Waals surface area contributed by atoms with Crippen molar-refractivity contribution < 1.29 is 0 Å². The van der Waals surface area contributed by atoms with Crippen LogP contribution >= 0.6 is 0 Å². The van der Waals surface area contributed by atoms with Gasteiger partial charge in [-0.2, -0.15) is 0 Å². The Morgan fingerprint density at radius 1 is 0.422 bits per heavy atom. The van der Waals surface area contributed by atoms with E-state index in [1.807, 2.05) is 0 Å².